The van der Waals surface area contributed by atoms with Gasteiger partial charge in [0.1, 0.15) is 31.4 Å². The topological polar surface area (TPSA) is 182 Å². The molecule has 14 nitrogen and oxygen atoms in total. The molecular formula is C25H32N2O12. The summed E-state index contributed by atoms with van der Waals surface area (Å²) < 4.78 is 31.7. The van der Waals surface area contributed by atoms with Crippen LogP contribution in [0.25, 0.3) is 0 Å². The average Bonchev–Trinajstić information content (AvgIpc) is 2.84. The third-order valence-electron chi connectivity index (χ3n) is 5.23. The molecule has 0 radical (unpaired) electrons. The van der Waals surface area contributed by atoms with Crippen LogP contribution in [0.3, 0.4) is 0 Å². The Morgan fingerprint density at radius 2 is 1.41 bits per heavy atom. The molecule has 214 valence electrons. The Bertz CT molecular complexity index is 1050. The number of hydrogen-bond donors (Lipinski definition) is 2. The molecule has 1 heterocycles. The lowest BCUT2D eigenvalue weighted by Crippen LogP contribution is -2.68. The monoisotopic (exact) mass is 552 g/mol. The Hall–Kier alpha value is -4.20. The van der Waals surface area contributed by atoms with Crippen LogP contribution >= 0.6 is 0 Å². The van der Waals surface area contributed by atoms with Gasteiger partial charge in [-0.05, 0) is 12.5 Å². The summed E-state index contributed by atoms with van der Waals surface area (Å²) in [5.74, 6) is -3.89. The van der Waals surface area contributed by atoms with Gasteiger partial charge in [0.25, 0.3) is 0 Å². The van der Waals surface area contributed by atoms with Crippen molar-refractivity contribution in [3.8, 4) is 0 Å². The molecule has 2 N–H and O–H groups in total. The SMILES string of the molecule is CC(=O)OC[C@@H]1O[C@H](OC(C)=O)[C@H](NC(=O)[C@@H](C)NC(=O)OCc2ccccc2)[C@H](OC(C)=O)[C@@H]1OC(C)=O. The maximum absolute atomic E-state index is 13.0. The predicted molar refractivity (Wildman–Crippen MR) is 129 cm³/mol. The fraction of sp³-hybridized carbons (Fsp3) is 0.520. The quantitative estimate of drug-likeness (QED) is 0.303. The highest BCUT2D eigenvalue weighted by Crippen LogP contribution is 2.28. The number of hydrogen-bond acceptors (Lipinski definition) is 12. The molecule has 0 bridgehead atoms. The van der Waals surface area contributed by atoms with Gasteiger partial charge in [-0.15, -0.1) is 0 Å². The summed E-state index contributed by atoms with van der Waals surface area (Å²) in [6.45, 7) is 5.26. The van der Waals surface area contributed by atoms with E-state index in [0.717, 1.165) is 33.3 Å². The zero-order chi connectivity index (χ0) is 29.1. The summed E-state index contributed by atoms with van der Waals surface area (Å²) in [4.78, 5) is 72.2. The van der Waals surface area contributed by atoms with E-state index in [1.54, 1.807) is 24.3 Å². The third kappa shape index (κ3) is 10.2. The molecule has 0 unspecified atom stereocenters. The van der Waals surface area contributed by atoms with Gasteiger partial charge in [0.05, 0.1) is 0 Å². The molecule has 1 aliphatic heterocycles. The first-order valence-electron chi connectivity index (χ1n) is 12.0. The minimum absolute atomic E-state index is 0.0334. The van der Waals surface area contributed by atoms with Crippen LogP contribution in [0.1, 0.15) is 40.2 Å². The van der Waals surface area contributed by atoms with Gasteiger partial charge in [-0.3, -0.25) is 24.0 Å². The number of esters is 4. The van der Waals surface area contributed by atoms with Gasteiger partial charge >= 0.3 is 30.0 Å². The summed E-state index contributed by atoms with van der Waals surface area (Å²) in [5.41, 5.74) is 0.734. The molecular weight excluding hydrogens is 520 g/mol. The maximum Gasteiger partial charge on any atom is 0.408 e. The van der Waals surface area contributed by atoms with Crippen molar-refractivity contribution in [3.05, 3.63) is 35.9 Å². The van der Waals surface area contributed by atoms with Gasteiger partial charge in [0.15, 0.2) is 12.2 Å². The summed E-state index contributed by atoms with van der Waals surface area (Å²) in [5, 5.41) is 4.87. The molecule has 6 atom stereocenters. The predicted octanol–water partition coefficient (Wildman–Crippen LogP) is 0.501. The first-order valence-corrected chi connectivity index (χ1v) is 12.0. The fourth-order valence-corrected chi connectivity index (χ4v) is 3.62. The second-order valence-corrected chi connectivity index (χ2v) is 8.57. The van der Waals surface area contributed by atoms with E-state index in [9.17, 15) is 28.8 Å². The van der Waals surface area contributed by atoms with Crippen LogP contribution in [0.4, 0.5) is 4.79 Å². The smallest absolute Gasteiger partial charge is 0.408 e. The lowest BCUT2D eigenvalue weighted by Gasteiger charge is -2.44. The zero-order valence-electron chi connectivity index (χ0n) is 22.2. The molecule has 1 saturated heterocycles. The highest BCUT2D eigenvalue weighted by Gasteiger charge is 2.52. The van der Waals surface area contributed by atoms with Crippen molar-refractivity contribution in [1.82, 2.24) is 10.6 Å². The van der Waals surface area contributed by atoms with Crippen LogP contribution in [-0.4, -0.2) is 79.2 Å². The van der Waals surface area contributed by atoms with Crippen molar-refractivity contribution >= 4 is 35.9 Å². The number of rotatable bonds is 10. The lowest BCUT2D eigenvalue weighted by molar-refractivity contribution is -0.271. The van der Waals surface area contributed by atoms with E-state index >= 15 is 0 Å². The van der Waals surface area contributed by atoms with Crippen LogP contribution in [0, 0.1) is 0 Å². The number of carbonyl (C=O) groups excluding carboxylic acids is 6. The van der Waals surface area contributed by atoms with E-state index in [1.165, 1.54) is 6.92 Å². The Balaban J connectivity index is 2.23. The molecule has 0 saturated carbocycles. The van der Waals surface area contributed by atoms with Gasteiger partial charge in [0, 0.05) is 27.7 Å². The minimum atomic E-state index is -1.56. The number of nitrogens with one attached hydrogen (secondary N) is 2. The van der Waals surface area contributed by atoms with E-state index in [2.05, 4.69) is 10.6 Å². The van der Waals surface area contributed by atoms with Crippen LogP contribution in [0.2, 0.25) is 0 Å². The summed E-state index contributed by atoms with van der Waals surface area (Å²) >= 11 is 0. The van der Waals surface area contributed by atoms with Crippen molar-refractivity contribution < 1.29 is 57.2 Å². The molecule has 0 aromatic heterocycles. The normalized spacial score (nSPS) is 22.8. The standard InChI is InChI=1S/C25H32N2O12/c1-13(26-25(33)35-11-18-9-7-6-8-10-18)23(32)27-20-22(37-16(4)30)21(36-15(3)29)19(12-34-14(2)28)39-24(20)38-17(5)31/h6-10,13,19-22,24H,11-12H2,1-5H3,(H,26,33)(H,27,32)/t13-,19+,20-,21-,22+,24+/m1/s1. The molecule has 2 rings (SSSR count). The van der Waals surface area contributed by atoms with E-state index in [-0.39, 0.29) is 6.61 Å². The molecule has 14 heteroatoms. The molecule has 1 aromatic rings. The van der Waals surface area contributed by atoms with Crippen molar-refractivity contribution in [2.24, 2.45) is 0 Å². The van der Waals surface area contributed by atoms with E-state index in [1.807, 2.05) is 6.07 Å². The Kier molecular flexibility index (Phi) is 11.7. The highest BCUT2D eigenvalue weighted by atomic mass is 16.7. The van der Waals surface area contributed by atoms with Crippen molar-refractivity contribution in [2.75, 3.05) is 6.61 Å². The first kappa shape index (κ1) is 31.0. The number of alkyl carbamates (subject to hydrolysis) is 1. The Morgan fingerprint density at radius 3 is 1.97 bits per heavy atom. The molecule has 1 fully saturated rings. The molecule has 39 heavy (non-hydrogen) atoms. The average molecular weight is 553 g/mol. The van der Waals surface area contributed by atoms with E-state index in [4.69, 9.17) is 28.4 Å². The molecule has 0 aliphatic carbocycles. The van der Waals surface area contributed by atoms with Gasteiger partial charge < -0.3 is 39.1 Å². The van der Waals surface area contributed by atoms with Crippen molar-refractivity contribution in [2.45, 2.75) is 77.9 Å². The van der Waals surface area contributed by atoms with Crippen LogP contribution in [-0.2, 0) is 59.0 Å². The minimum Gasteiger partial charge on any atom is -0.463 e. The van der Waals surface area contributed by atoms with Crippen LogP contribution in [0.15, 0.2) is 30.3 Å². The first-order chi connectivity index (χ1) is 18.4. The van der Waals surface area contributed by atoms with Crippen LogP contribution < -0.4 is 10.6 Å². The summed E-state index contributed by atoms with van der Waals surface area (Å²) in [6, 6.07) is 6.30. The second-order valence-electron chi connectivity index (χ2n) is 8.57. The van der Waals surface area contributed by atoms with Gasteiger partial charge in [-0.1, -0.05) is 30.3 Å². The Morgan fingerprint density at radius 1 is 0.821 bits per heavy atom. The van der Waals surface area contributed by atoms with E-state index in [0.29, 0.717) is 0 Å². The van der Waals surface area contributed by atoms with Gasteiger partial charge in [-0.25, -0.2) is 4.79 Å². The summed E-state index contributed by atoms with van der Waals surface area (Å²) in [6.07, 6.45) is -6.48. The highest BCUT2D eigenvalue weighted by molar-refractivity contribution is 5.85. The number of benzene rings is 1. The third-order valence-corrected chi connectivity index (χ3v) is 5.23. The molecule has 1 aliphatic rings. The maximum atomic E-state index is 13.0. The zero-order valence-corrected chi connectivity index (χ0v) is 22.2. The molecule has 1 aromatic carbocycles. The lowest BCUT2D eigenvalue weighted by atomic mass is 9.95. The van der Waals surface area contributed by atoms with Crippen LogP contribution in [0.5, 0.6) is 0 Å². The van der Waals surface area contributed by atoms with Crippen molar-refractivity contribution in [3.63, 3.8) is 0 Å². The molecule has 2 amide bonds. The summed E-state index contributed by atoms with van der Waals surface area (Å²) in [7, 11) is 0. The number of amides is 2. The largest absolute Gasteiger partial charge is 0.463 e. The van der Waals surface area contributed by atoms with Gasteiger partial charge in [-0.2, -0.15) is 0 Å². The number of carbonyl (C=O) groups is 6. The number of ether oxygens (including phenoxy) is 6. The second kappa shape index (κ2) is 14.7. The molecule has 0 spiro atoms. The van der Waals surface area contributed by atoms with Crippen molar-refractivity contribution in [1.29, 1.82) is 0 Å². The van der Waals surface area contributed by atoms with Gasteiger partial charge in [0.2, 0.25) is 12.2 Å². The fourth-order valence-electron chi connectivity index (χ4n) is 3.62. The van der Waals surface area contributed by atoms with E-state index < -0.39 is 79.2 Å². The Labute approximate surface area is 224 Å².